The Morgan fingerprint density at radius 3 is 1.21 bits per heavy atom. The molecule has 7 heteroatoms. The van der Waals surface area contributed by atoms with E-state index in [9.17, 15) is 7.00 Å². The number of aliphatic hydroxyl groups is 3. The summed E-state index contributed by atoms with van der Waals surface area (Å²) in [5.74, 6) is 0. The number of allylic oxidation sites excluding steroid dienone is 4. The zero-order valence-electron chi connectivity index (χ0n) is 16.0. The Morgan fingerprint density at radius 2 is 1.17 bits per heavy atom. The van der Waals surface area contributed by atoms with Gasteiger partial charge in [-0.05, 0) is 40.0 Å². The summed E-state index contributed by atoms with van der Waals surface area (Å²) in [4.78, 5) is 0. The molecule has 0 heterocycles. The fraction of sp³-hybridized carbons (Fsp3) is 0.765. The number of halogens is 2. The molecule has 0 bridgehead atoms. The van der Waals surface area contributed by atoms with Crippen LogP contribution < -0.4 is 0 Å². The smallest absolute Gasteiger partial charge is 0 e. The Bertz CT molecular complexity index is 211. The maximum absolute atomic E-state index is 9.78. The van der Waals surface area contributed by atoms with Crippen LogP contribution in [0, 0.1) is 6.08 Å². The van der Waals surface area contributed by atoms with Crippen LogP contribution in [0.2, 0.25) is 0 Å². The molecule has 0 aliphatic heterocycles. The second-order valence-electron chi connectivity index (χ2n) is 4.86. The third-order valence-corrected chi connectivity index (χ3v) is 2.36. The van der Waals surface area contributed by atoms with Gasteiger partial charge in [0.15, 0.2) is 0 Å². The summed E-state index contributed by atoms with van der Waals surface area (Å²) in [6.07, 6.45) is 12.2. The van der Waals surface area contributed by atoms with E-state index < -0.39 is 16.4 Å². The summed E-state index contributed by atoms with van der Waals surface area (Å²) in [5.41, 5.74) is 0. The van der Waals surface area contributed by atoms with E-state index in [0.29, 0.717) is 0 Å². The molecule has 0 saturated carbocycles. The largest absolute Gasteiger partial charge is 0 e. The Balaban J connectivity index is -0.0000000627. The van der Waals surface area contributed by atoms with Crippen LogP contribution in [0.5, 0.6) is 0 Å². The van der Waals surface area contributed by atoms with Crippen molar-refractivity contribution in [3.63, 3.8) is 0 Å². The maximum Gasteiger partial charge on any atom is 0 e. The van der Waals surface area contributed by atoms with Crippen molar-refractivity contribution < 1.29 is 48.5 Å². The van der Waals surface area contributed by atoms with Gasteiger partial charge in [0.05, 0.1) is 18.3 Å². The first-order valence-corrected chi connectivity index (χ1v) is 9.84. The minimum Gasteiger partial charge on any atom is 0 e. The van der Waals surface area contributed by atoms with Gasteiger partial charge in [0.25, 0.3) is 0 Å². The molecule has 0 fully saturated rings. The normalized spacial score (nSPS) is 13.8. The molecule has 0 saturated heterocycles. The van der Waals surface area contributed by atoms with E-state index in [2.05, 4.69) is 12.2 Å². The topological polar surface area (TPSA) is 60.7 Å². The van der Waals surface area contributed by atoms with Gasteiger partial charge in [0, 0.05) is 26.2 Å². The second-order valence-corrected chi connectivity index (χ2v) is 5.20. The van der Waals surface area contributed by atoms with E-state index in [4.69, 9.17) is 15.3 Å². The van der Waals surface area contributed by atoms with Gasteiger partial charge in [0.1, 0.15) is 0 Å². The van der Waals surface area contributed by atoms with Gasteiger partial charge in [0.2, 0.25) is 0 Å². The van der Waals surface area contributed by atoms with Gasteiger partial charge < -0.3 is 15.3 Å². The Labute approximate surface area is 174 Å². The van der Waals surface area contributed by atoms with Crippen LogP contribution in [0.15, 0.2) is 18.2 Å². The van der Waals surface area contributed by atoms with Gasteiger partial charge >= 0.3 is 23.4 Å². The van der Waals surface area contributed by atoms with Crippen molar-refractivity contribution in [1.82, 2.24) is 0 Å². The van der Waals surface area contributed by atoms with Crippen LogP contribution in [0.4, 0.5) is 7.00 Å². The van der Waals surface area contributed by atoms with Crippen molar-refractivity contribution in [1.29, 1.82) is 0 Å². The van der Waals surface area contributed by atoms with Gasteiger partial charge in [-0.15, -0.1) is 6.42 Å². The fourth-order valence-corrected chi connectivity index (χ4v) is 0.340. The van der Waals surface area contributed by atoms with Crippen LogP contribution in [0.1, 0.15) is 67.2 Å². The molecular weight excluding hydrogens is 454 g/mol. The molecule has 0 aromatic carbocycles. The van der Waals surface area contributed by atoms with Crippen molar-refractivity contribution >= 4 is 16.4 Å². The third kappa shape index (κ3) is 78.2. The molecule has 3 atom stereocenters. The first kappa shape index (κ1) is 35.7. The predicted molar refractivity (Wildman–Crippen MR) is 96.9 cm³/mol. The predicted octanol–water partition coefficient (Wildman–Crippen LogP) is 3.83. The first-order chi connectivity index (χ1) is 10.7. The second kappa shape index (κ2) is 34.9. The van der Waals surface area contributed by atoms with Crippen LogP contribution in [-0.2, 0) is 26.2 Å². The van der Waals surface area contributed by atoms with Gasteiger partial charge in [-0.3, -0.25) is 6.08 Å². The van der Waals surface area contributed by atoms with E-state index in [1.165, 1.54) is 0 Å². The summed E-state index contributed by atoms with van der Waals surface area (Å²) >= 11 is -2.69. The zero-order valence-corrected chi connectivity index (χ0v) is 20.8. The minimum absolute atomic E-state index is 0. The molecule has 1 aliphatic rings. The number of hydrogen-bond acceptors (Lipinski definition) is 3. The van der Waals surface area contributed by atoms with Crippen molar-refractivity contribution in [3.05, 3.63) is 24.3 Å². The molecule has 24 heavy (non-hydrogen) atoms. The molecular formula is C17H36F2GeO3Zr-. The molecule has 0 aromatic rings. The maximum atomic E-state index is 9.78. The summed E-state index contributed by atoms with van der Waals surface area (Å²) in [6, 6.07) is 0. The minimum atomic E-state index is -2.69. The SMILES string of the molecule is CCC(C)O.CCC(C)O.CCC(C)O.[C-]1=CC=CC1.[F][GeH][F].[Zr]. The first-order valence-electron chi connectivity index (χ1n) is 8.01. The van der Waals surface area contributed by atoms with Crippen molar-refractivity contribution in [2.75, 3.05) is 0 Å². The Morgan fingerprint density at radius 1 is 0.917 bits per heavy atom. The molecule has 3 N–H and O–H groups in total. The van der Waals surface area contributed by atoms with E-state index in [0.717, 1.165) is 25.7 Å². The van der Waals surface area contributed by atoms with Crippen LogP contribution >= 0.6 is 0 Å². The summed E-state index contributed by atoms with van der Waals surface area (Å²) in [6.45, 7) is 11.2. The molecule has 0 spiro atoms. The van der Waals surface area contributed by atoms with E-state index >= 15 is 0 Å². The van der Waals surface area contributed by atoms with Crippen molar-refractivity contribution in [2.45, 2.75) is 85.5 Å². The zero-order chi connectivity index (χ0) is 19.1. The number of hydrogen-bond donors (Lipinski definition) is 3. The standard InChI is InChI=1S/C5H5.3C4H10O.F2GeH.Zr/c1-2-4-5-3-1;3*1-3-4(2)5;1-3-2;/h1-3H,4H2;3*4-5H,3H2,1-2H3;3H;/q-1;;;;;. The van der Waals surface area contributed by atoms with E-state index in [-0.39, 0.29) is 44.5 Å². The number of aliphatic hydroxyl groups excluding tert-OH is 3. The Hall–Kier alpha value is 0.646. The average molecular weight is 490 g/mol. The fourth-order valence-electron chi connectivity index (χ4n) is 0.340. The summed E-state index contributed by atoms with van der Waals surface area (Å²) < 4.78 is 19.6. The third-order valence-electron chi connectivity index (χ3n) is 2.36. The van der Waals surface area contributed by atoms with Crippen LogP contribution in [0.25, 0.3) is 0 Å². The molecule has 3 unspecified atom stereocenters. The monoisotopic (exact) mass is 490 g/mol. The summed E-state index contributed by atoms with van der Waals surface area (Å²) in [5, 5.41) is 25.1. The quantitative estimate of drug-likeness (QED) is 0.417. The van der Waals surface area contributed by atoms with Crippen LogP contribution in [0.3, 0.4) is 0 Å². The van der Waals surface area contributed by atoms with Gasteiger partial charge in [-0.1, -0.05) is 20.8 Å². The van der Waals surface area contributed by atoms with Gasteiger partial charge in [-0.2, -0.15) is 6.08 Å². The van der Waals surface area contributed by atoms with Crippen molar-refractivity contribution in [3.8, 4) is 0 Å². The molecule has 3 nitrogen and oxygen atoms in total. The molecule has 1 aliphatic carbocycles. The number of rotatable bonds is 3. The van der Waals surface area contributed by atoms with Gasteiger partial charge in [-0.25, -0.2) is 12.2 Å². The van der Waals surface area contributed by atoms with E-state index in [1.807, 2.05) is 32.9 Å². The van der Waals surface area contributed by atoms with Crippen molar-refractivity contribution in [2.24, 2.45) is 0 Å². The average Bonchev–Trinajstić information content (AvgIpc) is 3.08. The Kier molecular flexibility index (Phi) is 51.9. The summed E-state index contributed by atoms with van der Waals surface area (Å²) in [7, 11) is 0. The molecule has 0 amide bonds. The molecule has 1 rings (SSSR count). The van der Waals surface area contributed by atoms with Crippen LogP contribution in [-0.4, -0.2) is 50.0 Å². The van der Waals surface area contributed by atoms with E-state index in [1.54, 1.807) is 20.8 Å². The molecule has 145 valence electrons. The molecule has 0 aromatic heterocycles. The molecule has 1 radical (unpaired) electrons.